The van der Waals surface area contributed by atoms with Crippen LogP contribution < -0.4 is 5.32 Å². The quantitative estimate of drug-likeness (QED) is 0.725. The van der Waals surface area contributed by atoms with E-state index in [4.69, 9.17) is 0 Å². The minimum Gasteiger partial charge on any atom is -0.350 e. The van der Waals surface area contributed by atoms with Gasteiger partial charge in [-0.25, -0.2) is 4.98 Å². The van der Waals surface area contributed by atoms with Crippen LogP contribution >= 0.6 is 11.3 Å². The Morgan fingerprint density at radius 3 is 2.65 bits per heavy atom. The van der Waals surface area contributed by atoms with Gasteiger partial charge in [0.05, 0.1) is 21.3 Å². The van der Waals surface area contributed by atoms with Crippen molar-refractivity contribution in [2.75, 3.05) is 0 Å². The molecule has 0 radical (unpaired) electrons. The molecule has 1 heterocycles. The first kappa shape index (κ1) is 15.7. The first-order valence-corrected chi connectivity index (χ1v) is 8.73. The molecular formula is C19H20N2OS. The van der Waals surface area contributed by atoms with Crippen molar-refractivity contribution in [3.63, 3.8) is 0 Å². The van der Waals surface area contributed by atoms with Crippen LogP contribution in [0.1, 0.15) is 36.4 Å². The Kier molecular flexibility index (Phi) is 5.03. The van der Waals surface area contributed by atoms with E-state index in [1.807, 2.05) is 55.5 Å². The molecule has 0 fully saturated rings. The van der Waals surface area contributed by atoms with E-state index in [0.29, 0.717) is 6.42 Å². The number of aromatic nitrogens is 1. The van der Waals surface area contributed by atoms with Gasteiger partial charge in [-0.3, -0.25) is 4.79 Å². The number of rotatable bonds is 6. The third-order valence-electron chi connectivity index (χ3n) is 3.81. The van der Waals surface area contributed by atoms with Crippen molar-refractivity contribution in [2.45, 2.75) is 32.2 Å². The Balaban J connectivity index is 1.47. The Bertz CT molecular complexity index is 749. The first-order chi connectivity index (χ1) is 11.2. The fourth-order valence-electron chi connectivity index (χ4n) is 2.57. The molecule has 0 aliphatic carbocycles. The van der Waals surface area contributed by atoms with Crippen molar-refractivity contribution in [1.82, 2.24) is 10.3 Å². The fraction of sp³-hybridized carbons (Fsp3) is 0.263. The van der Waals surface area contributed by atoms with E-state index in [-0.39, 0.29) is 11.9 Å². The maximum absolute atomic E-state index is 12.1. The van der Waals surface area contributed by atoms with Gasteiger partial charge in [-0.2, -0.15) is 0 Å². The number of benzene rings is 2. The van der Waals surface area contributed by atoms with Crippen LogP contribution in [-0.4, -0.2) is 10.9 Å². The molecule has 3 rings (SSSR count). The second kappa shape index (κ2) is 7.38. The van der Waals surface area contributed by atoms with Crippen LogP contribution in [0.25, 0.3) is 10.2 Å². The van der Waals surface area contributed by atoms with E-state index in [9.17, 15) is 4.79 Å². The summed E-state index contributed by atoms with van der Waals surface area (Å²) in [4.78, 5) is 16.7. The number of fused-ring (bicyclic) bond motifs is 1. The lowest BCUT2D eigenvalue weighted by Crippen LogP contribution is -2.26. The Morgan fingerprint density at radius 2 is 1.87 bits per heavy atom. The van der Waals surface area contributed by atoms with Crippen LogP contribution in [0.5, 0.6) is 0 Å². The lowest BCUT2D eigenvalue weighted by atomic mass is 10.1. The van der Waals surface area contributed by atoms with Gasteiger partial charge in [0.25, 0.3) is 0 Å². The number of aryl methyl sites for hydroxylation is 1. The van der Waals surface area contributed by atoms with Crippen LogP contribution in [0, 0.1) is 0 Å². The first-order valence-electron chi connectivity index (χ1n) is 7.91. The fourth-order valence-corrected chi connectivity index (χ4v) is 3.57. The largest absolute Gasteiger partial charge is 0.350 e. The number of amides is 1. The minimum absolute atomic E-state index is 0.0474. The van der Waals surface area contributed by atoms with Crippen molar-refractivity contribution < 1.29 is 4.79 Å². The highest BCUT2D eigenvalue weighted by molar-refractivity contribution is 7.18. The number of carbonyl (C=O) groups is 1. The van der Waals surface area contributed by atoms with E-state index in [1.165, 1.54) is 4.70 Å². The zero-order valence-corrected chi connectivity index (χ0v) is 14.0. The van der Waals surface area contributed by atoms with Crippen LogP contribution in [0.3, 0.4) is 0 Å². The average Bonchev–Trinajstić information content (AvgIpc) is 2.98. The molecule has 0 unspecified atom stereocenters. The second-order valence-corrected chi connectivity index (χ2v) is 6.74. The average molecular weight is 324 g/mol. The van der Waals surface area contributed by atoms with E-state index in [1.54, 1.807) is 11.3 Å². The summed E-state index contributed by atoms with van der Waals surface area (Å²) < 4.78 is 1.21. The lowest BCUT2D eigenvalue weighted by Gasteiger charge is -2.14. The molecule has 3 nitrogen and oxygen atoms in total. The summed E-state index contributed by atoms with van der Waals surface area (Å²) in [7, 11) is 0. The molecule has 0 saturated carbocycles. The SMILES string of the molecule is C[C@H](NC(=O)CCCc1nc2ccccc2s1)c1ccccc1. The summed E-state index contributed by atoms with van der Waals surface area (Å²) in [5.41, 5.74) is 2.18. The molecule has 1 N–H and O–H groups in total. The van der Waals surface area contributed by atoms with Gasteiger partial charge in [0.2, 0.25) is 5.91 Å². The Hall–Kier alpha value is -2.20. The predicted molar refractivity (Wildman–Crippen MR) is 95.6 cm³/mol. The van der Waals surface area contributed by atoms with Gasteiger partial charge < -0.3 is 5.32 Å². The van der Waals surface area contributed by atoms with E-state index < -0.39 is 0 Å². The van der Waals surface area contributed by atoms with Gasteiger partial charge in [0.15, 0.2) is 0 Å². The number of nitrogens with zero attached hydrogens (tertiary/aromatic N) is 1. The zero-order valence-electron chi connectivity index (χ0n) is 13.2. The van der Waals surface area contributed by atoms with Crippen molar-refractivity contribution in [2.24, 2.45) is 0 Å². The lowest BCUT2D eigenvalue weighted by molar-refractivity contribution is -0.121. The van der Waals surface area contributed by atoms with Crippen LogP contribution in [0.2, 0.25) is 0 Å². The molecule has 1 amide bonds. The number of hydrogen-bond donors (Lipinski definition) is 1. The van der Waals surface area contributed by atoms with Gasteiger partial charge in [-0.1, -0.05) is 42.5 Å². The molecule has 1 atom stereocenters. The molecule has 1 aromatic heterocycles. The summed E-state index contributed by atoms with van der Waals surface area (Å²) in [5, 5.41) is 4.16. The molecule has 3 aromatic rings. The van der Waals surface area contributed by atoms with Crippen molar-refractivity contribution in [3.05, 3.63) is 65.2 Å². The Labute approximate surface area is 140 Å². The van der Waals surface area contributed by atoms with Crippen molar-refractivity contribution >= 4 is 27.5 Å². The van der Waals surface area contributed by atoms with Gasteiger partial charge in [-0.15, -0.1) is 11.3 Å². The third kappa shape index (κ3) is 4.17. The summed E-state index contributed by atoms with van der Waals surface area (Å²) in [5.74, 6) is 0.0995. The molecule has 0 saturated heterocycles. The van der Waals surface area contributed by atoms with Gasteiger partial charge in [0, 0.05) is 6.42 Å². The molecule has 0 spiro atoms. The van der Waals surface area contributed by atoms with Gasteiger partial charge in [0.1, 0.15) is 0 Å². The maximum atomic E-state index is 12.1. The number of nitrogens with one attached hydrogen (secondary N) is 1. The highest BCUT2D eigenvalue weighted by atomic mass is 32.1. The number of thiazole rings is 1. The summed E-state index contributed by atoms with van der Waals surface area (Å²) >= 11 is 1.72. The van der Waals surface area contributed by atoms with E-state index in [2.05, 4.69) is 16.4 Å². The van der Waals surface area contributed by atoms with Gasteiger partial charge >= 0.3 is 0 Å². The van der Waals surface area contributed by atoms with Crippen LogP contribution in [0.4, 0.5) is 0 Å². The Morgan fingerprint density at radius 1 is 1.13 bits per heavy atom. The third-order valence-corrected chi connectivity index (χ3v) is 4.91. The van der Waals surface area contributed by atoms with Crippen molar-refractivity contribution in [3.8, 4) is 0 Å². The standard InChI is InChI=1S/C19H20N2OS/c1-14(15-8-3-2-4-9-15)20-18(22)12-7-13-19-21-16-10-5-6-11-17(16)23-19/h2-6,8-11,14H,7,12-13H2,1H3,(H,20,22)/t14-/m0/s1. The van der Waals surface area contributed by atoms with Crippen LogP contribution in [0.15, 0.2) is 54.6 Å². The molecule has 0 aliphatic rings. The maximum Gasteiger partial charge on any atom is 0.220 e. The number of hydrogen-bond acceptors (Lipinski definition) is 3. The molecule has 4 heteroatoms. The monoisotopic (exact) mass is 324 g/mol. The van der Waals surface area contributed by atoms with Crippen LogP contribution in [-0.2, 0) is 11.2 Å². The molecule has 23 heavy (non-hydrogen) atoms. The summed E-state index contributed by atoms with van der Waals surface area (Å²) in [6.07, 6.45) is 2.22. The minimum atomic E-state index is 0.0474. The highest BCUT2D eigenvalue weighted by Crippen LogP contribution is 2.22. The van der Waals surface area contributed by atoms with Gasteiger partial charge in [-0.05, 0) is 37.5 Å². The second-order valence-electron chi connectivity index (χ2n) is 5.63. The summed E-state index contributed by atoms with van der Waals surface area (Å²) in [6.45, 7) is 2.01. The predicted octanol–water partition coefficient (Wildman–Crippen LogP) is 4.50. The summed E-state index contributed by atoms with van der Waals surface area (Å²) in [6, 6.07) is 18.2. The molecule has 0 bridgehead atoms. The normalized spacial score (nSPS) is 12.2. The topological polar surface area (TPSA) is 42.0 Å². The molecule has 2 aromatic carbocycles. The molecular weight excluding hydrogens is 304 g/mol. The highest BCUT2D eigenvalue weighted by Gasteiger charge is 2.10. The van der Waals surface area contributed by atoms with E-state index in [0.717, 1.165) is 28.9 Å². The smallest absolute Gasteiger partial charge is 0.220 e. The number of para-hydroxylation sites is 1. The molecule has 0 aliphatic heterocycles. The van der Waals surface area contributed by atoms with E-state index >= 15 is 0 Å². The zero-order chi connectivity index (χ0) is 16.1. The molecule has 118 valence electrons. The van der Waals surface area contributed by atoms with Crippen molar-refractivity contribution in [1.29, 1.82) is 0 Å². The number of carbonyl (C=O) groups excluding carboxylic acids is 1.